The second kappa shape index (κ2) is 11.9. The number of halogens is 1. The molecule has 0 bridgehead atoms. The predicted molar refractivity (Wildman–Crippen MR) is 170 cm³/mol. The highest BCUT2D eigenvalue weighted by Crippen LogP contribution is 2.42. The van der Waals surface area contributed by atoms with E-state index in [1.54, 1.807) is 53.8 Å². The van der Waals surface area contributed by atoms with Crippen LogP contribution in [0.3, 0.4) is 0 Å². The molecule has 1 saturated heterocycles. The third-order valence-corrected chi connectivity index (χ3v) is 9.09. The Labute approximate surface area is 271 Å². The third kappa shape index (κ3) is 5.81. The zero-order chi connectivity index (χ0) is 33.8. The topological polar surface area (TPSA) is 141 Å². The van der Waals surface area contributed by atoms with Crippen molar-refractivity contribution in [2.75, 3.05) is 20.1 Å². The number of amides is 2. The number of pyridine rings is 2. The molecule has 2 amide bonds. The van der Waals surface area contributed by atoms with Gasteiger partial charge in [0, 0.05) is 48.8 Å². The molecule has 6 rings (SSSR count). The number of aromatic nitrogens is 2. The van der Waals surface area contributed by atoms with Crippen molar-refractivity contribution in [1.29, 1.82) is 0 Å². The van der Waals surface area contributed by atoms with E-state index in [-0.39, 0.29) is 43.3 Å². The van der Waals surface area contributed by atoms with Crippen LogP contribution in [0.15, 0.2) is 23.0 Å². The zero-order valence-electron chi connectivity index (χ0n) is 27.5. The number of likely N-dealkylation sites (N-methyl/N-ethyl adjacent to an activating group) is 1. The van der Waals surface area contributed by atoms with Crippen molar-refractivity contribution in [3.8, 4) is 11.4 Å². The van der Waals surface area contributed by atoms with E-state index < -0.39 is 40.7 Å². The SMILES string of the molecule is CC[C@@]1(OC(=O)N(C)C[C@@H]2CCCN2)C(=O)OCc2c1cc1n(c2=O)Cc2c-1nc1cc(F)c(C)cc1c2CNC(=O)OC(C)(C)C. The summed E-state index contributed by atoms with van der Waals surface area (Å²) in [6, 6.07) is 4.78. The number of aryl methyl sites for hydroxylation is 1. The first kappa shape index (κ1) is 32.4. The Bertz CT molecular complexity index is 1860. The van der Waals surface area contributed by atoms with Crippen molar-refractivity contribution in [3.63, 3.8) is 0 Å². The summed E-state index contributed by atoms with van der Waals surface area (Å²) in [5.41, 5.74) is 0.295. The molecule has 0 radical (unpaired) electrons. The van der Waals surface area contributed by atoms with Crippen LogP contribution in [0.25, 0.3) is 22.3 Å². The number of cyclic esters (lactones) is 1. The van der Waals surface area contributed by atoms with Gasteiger partial charge in [0.25, 0.3) is 5.56 Å². The minimum absolute atomic E-state index is 0.0243. The molecule has 0 unspecified atom stereocenters. The number of ether oxygens (including phenoxy) is 3. The van der Waals surface area contributed by atoms with Gasteiger partial charge in [0.2, 0.25) is 5.60 Å². The van der Waals surface area contributed by atoms with Crippen molar-refractivity contribution in [2.45, 2.75) is 90.8 Å². The predicted octanol–water partition coefficient (Wildman–Crippen LogP) is 4.38. The number of nitrogens with zero attached hydrogens (tertiary/aromatic N) is 3. The number of nitrogens with one attached hydrogen (secondary N) is 2. The number of carbonyl (C=O) groups excluding carboxylic acids is 3. The van der Waals surface area contributed by atoms with Crippen molar-refractivity contribution < 1.29 is 33.0 Å². The standard InChI is InChI=1S/C34H40FN5O7/c1-7-34(47-32(44)39(6)15-19-9-8-10-36-19)24-12-27-28-22(16-40(27)29(41)23(24)17-45-30(34)42)21(14-37-31(43)46-33(3,4)5)20-11-18(2)25(35)13-26(20)38-28/h11-13,19,36H,7-10,14-17H2,1-6H3,(H,37,43)/t19-,34-/m0/s1. The molecule has 12 nitrogen and oxygen atoms in total. The van der Waals surface area contributed by atoms with Gasteiger partial charge in [0.15, 0.2) is 0 Å². The minimum Gasteiger partial charge on any atom is -0.457 e. The van der Waals surface area contributed by atoms with Gasteiger partial charge in [-0.05, 0) is 76.8 Å². The third-order valence-electron chi connectivity index (χ3n) is 9.09. The van der Waals surface area contributed by atoms with E-state index >= 15 is 0 Å². The monoisotopic (exact) mass is 649 g/mol. The maximum atomic E-state index is 14.8. The van der Waals surface area contributed by atoms with Crippen molar-refractivity contribution in [1.82, 2.24) is 25.1 Å². The van der Waals surface area contributed by atoms with E-state index in [9.17, 15) is 23.6 Å². The molecule has 3 aliphatic rings. The number of hydrogen-bond acceptors (Lipinski definition) is 9. The van der Waals surface area contributed by atoms with Crippen LogP contribution < -0.4 is 16.2 Å². The summed E-state index contributed by atoms with van der Waals surface area (Å²) in [4.78, 5) is 59.8. The number of alkyl carbamates (subject to hydrolysis) is 1. The molecule has 2 atom stereocenters. The number of hydrogen-bond donors (Lipinski definition) is 2. The highest BCUT2D eigenvalue weighted by Gasteiger charge is 2.51. The Kier molecular flexibility index (Phi) is 8.23. The Morgan fingerprint density at radius 1 is 1.23 bits per heavy atom. The van der Waals surface area contributed by atoms with Gasteiger partial charge in [0.1, 0.15) is 18.0 Å². The van der Waals surface area contributed by atoms with Gasteiger partial charge in [-0.25, -0.2) is 23.8 Å². The van der Waals surface area contributed by atoms with Gasteiger partial charge in [-0.3, -0.25) is 4.79 Å². The Hall–Kier alpha value is -4.52. The lowest BCUT2D eigenvalue weighted by molar-refractivity contribution is -0.173. The zero-order valence-corrected chi connectivity index (χ0v) is 27.5. The molecule has 0 aliphatic carbocycles. The first-order valence-electron chi connectivity index (χ1n) is 15.9. The van der Waals surface area contributed by atoms with Crippen LogP contribution in [0.1, 0.15) is 74.8 Å². The van der Waals surface area contributed by atoms with Crippen LogP contribution in [0.4, 0.5) is 14.0 Å². The summed E-state index contributed by atoms with van der Waals surface area (Å²) in [5.74, 6) is -1.21. The largest absolute Gasteiger partial charge is 0.457 e. The van der Waals surface area contributed by atoms with Crippen LogP contribution in [-0.4, -0.2) is 64.4 Å². The maximum absolute atomic E-state index is 14.8. The maximum Gasteiger partial charge on any atom is 0.411 e. The Morgan fingerprint density at radius 3 is 2.68 bits per heavy atom. The number of carbonyl (C=O) groups is 3. The fourth-order valence-corrected chi connectivity index (χ4v) is 6.67. The highest BCUT2D eigenvalue weighted by molar-refractivity contribution is 5.90. The van der Waals surface area contributed by atoms with Gasteiger partial charge in [0.05, 0.1) is 29.0 Å². The van der Waals surface area contributed by atoms with Gasteiger partial charge >= 0.3 is 18.2 Å². The lowest BCUT2D eigenvalue weighted by Gasteiger charge is -2.36. The molecule has 250 valence electrons. The van der Waals surface area contributed by atoms with Gasteiger partial charge < -0.3 is 34.3 Å². The molecule has 0 saturated carbocycles. The molecule has 2 aromatic heterocycles. The van der Waals surface area contributed by atoms with Gasteiger partial charge in [-0.15, -0.1) is 0 Å². The molecule has 5 heterocycles. The quantitative estimate of drug-likeness (QED) is 0.230. The summed E-state index contributed by atoms with van der Waals surface area (Å²) in [7, 11) is 1.61. The van der Waals surface area contributed by atoms with Crippen LogP contribution in [-0.2, 0) is 44.3 Å². The van der Waals surface area contributed by atoms with E-state index in [1.165, 1.54) is 15.5 Å². The number of fused-ring (bicyclic) bond motifs is 5. The summed E-state index contributed by atoms with van der Waals surface area (Å²) in [6.07, 6.45) is 0.617. The van der Waals surface area contributed by atoms with Gasteiger partial charge in [-0.2, -0.15) is 0 Å². The van der Waals surface area contributed by atoms with E-state index in [1.807, 2.05) is 0 Å². The molecule has 2 N–H and O–H groups in total. The number of rotatable bonds is 6. The van der Waals surface area contributed by atoms with Crippen LogP contribution in [0.5, 0.6) is 0 Å². The van der Waals surface area contributed by atoms with Crippen LogP contribution >= 0.6 is 0 Å². The summed E-state index contributed by atoms with van der Waals surface area (Å²) in [6.45, 7) is 9.75. The molecular formula is C34H40FN5O7. The number of esters is 1. The van der Waals surface area contributed by atoms with E-state index in [2.05, 4.69) is 10.6 Å². The molecule has 1 aromatic carbocycles. The normalized spacial score (nSPS) is 19.9. The highest BCUT2D eigenvalue weighted by atomic mass is 19.1. The molecule has 1 fully saturated rings. The molecule has 0 spiro atoms. The van der Waals surface area contributed by atoms with E-state index in [4.69, 9.17) is 19.2 Å². The fourth-order valence-electron chi connectivity index (χ4n) is 6.67. The lowest BCUT2D eigenvalue weighted by atomic mass is 9.85. The molecule has 3 aliphatic heterocycles. The van der Waals surface area contributed by atoms with Gasteiger partial charge in [-0.1, -0.05) is 6.92 Å². The van der Waals surface area contributed by atoms with Crippen molar-refractivity contribution >= 4 is 29.1 Å². The lowest BCUT2D eigenvalue weighted by Crippen LogP contribution is -2.50. The Balaban J connectivity index is 1.44. The van der Waals surface area contributed by atoms with Crippen molar-refractivity contribution in [2.24, 2.45) is 0 Å². The van der Waals surface area contributed by atoms with Crippen molar-refractivity contribution in [3.05, 3.63) is 62.2 Å². The first-order valence-corrected chi connectivity index (χ1v) is 15.9. The molecule has 47 heavy (non-hydrogen) atoms. The van der Waals surface area contributed by atoms with Crippen LogP contribution in [0, 0.1) is 12.7 Å². The first-order chi connectivity index (χ1) is 22.2. The second-order valence-corrected chi connectivity index (χ2v) is 13.5. The second-order valence-electron chi connectivity index (χ2n) is 13.5. The Morgan fingerprint density at radius 2 is 2.00 bits per heavy atom. The van der Waals surface area contributed by atoms with E-state index in [0.29, 0.717) is 45.5 Å². The van der Waals surface area contributed by atoms with E-state index in [0.717, 1.165) is 19.4 Å². The molecular weight excluding hydrogens is 609 g/mol. The smallest absolute Gasteiger partial charge is 0.411 e. The summed E-state index contributed by atoms with van der Waals surface area (Å²) < 4.78 is 33.2. The average molecular weight is 650 g/mol. The molecule has 13 heteroatoms. The molecule has 3 aromatic rings. The minimum atomic E-state index is -1.86. The summed E-state index contributed by atoms with van der Waals surface area (Å²) >= 11 is 0. The van der Waals surface area contributed by atoms with Crippen LogP contribution in [0.2, 0.25) is 0 Å². The summed E-state index contributed by atoms with van der Waals surface area (Å²) in [5, 5.41) is 6.76. The fraction of sp³-hybridized carbons (Fsp3) is 0.500. The number of benzene rings is 1. The average Bonchev–Trinajstić information content (AvgIpc) is 3.65.